The van der Waals surface area contributed by atoms with Gasteiger partial charge >= 0.3 is 0 Å². The molecule has 5 heteroatoms. The van der Waals surface area contributed by atoms with E-state index in [1.807, 2.05) is 0 Å². The Morgan fingerprint density at radius 3 is 2.71 bits per heavy atom. The standard InChI is InChI=1S/C9H17N3O2/c1-6(8(13)10-2)12-9(14)7-4-3-5-11-7/h6-7,11H,3-5H2,1-2H3,(H,10,13)(H,12,14). The summed E-state index contributed by atoms with van der Waals surface area (Å²) in [6.45, 7) is 2.55. The van der Waals surface area contributed by atoms with Crippen LogP contribution in [-0.4, -0.2) is 37.5 Å². The molecule has 0 aliphatic carbocycles. The second-order valence-electron chi connectivity index (χ2n) is 3.49. The van der Waals surface area contributed by atoms with E-state index in [9.17, 15) is 9.59 Å². The zero-order valence-electron chi connectivity index (χ0n) is 8.59. The van der Waals surface area contributed by atoms with E-state index in [0.29, 0.717) is 0 Å². The predicted molar refractivity (Wildman–Crippen MR) is 52.7 cm³/mol. The lowest BCUT2D eigenvalue weighted by atomic mass is 10.2. The lowest BCUT2D eigenvalue weighted by Crippen LogP contribution is -2.49. The number of rotatable bonds is 3. The first-order valence-electron chi connectivity index (χ1n) is 4.90. The second kappa shape index (κ2) is 4.95. The van der Waals surface area contributed by atoms with Crippen molar-refractivity contribution < 1.29 is 9.59 Å². The first-order valence-corrected chi connectivity index (χ1v) is 4.90. The van der Waals surface area contributed by atoms with Crippen LogP contribution in [0.2, 0.25) is 0 Å². The summed E-state index contributed by atoms with van der Waals surface area (Å²) in [5.74, 6) is -0.255. The minimum Gasteiger partial charge on any atom is -0.357 e. The van der Waals surface area contributed by atoms with Crippen LogP contribution in [0.15, 0.2) is 0 Å². The Morgan fingerprint density at radius 1 is 1.50 bits per heavy atom. The van der Waals surface area contributed by atoms with E-state index in [0.717, 1.165) is 19.4 Å². The lowest BCUT2D eigenvalue weighted by molar-refractivity contribution is -0.129. The van der Waals surface area contributed by atoms with Crippen molar-refractivity contribution in [1.82, 2.24) is 16.0 Å². The zero-order valence-corrected chi connectivity index (χ0v) is 8.59. The van der Waals surface area contributed by atoms with Gasteiger partial charge in [0.25, 0.3) is 0 Å². The maximum atomic E-state index is 11.5. The molecule has 1 saturated heterocycles. The van der Waals surface area contributed by atoms with Crippen LogP contribution in [0.5, 0.6) is 0 Å². The number of hydrogen-bond acceptors (Lipinski definition) is 3. The highest BCUT2D eigenvalue weighted by Crippen LogP contribution is 2.04. The van der Waals surface area contributed by atoms with Crippen molar-refractivity contribution in [3.05, 3.63) is 0 Å². The lowest BCUT2D eigenvalue weighted by Gasteiger charge is -2.15. The van der Waals surface area contributed by atoms with Crippen molar-refractivity contribution in [3.63, 3.8) is 0 Å². The molecule has 0 spiro atoms. The molecule has 0 aromatic carbocycles. The highest BCUT2D eigenvalue weighted by atomic mass is 16.2. The molecule has 0 radical (unpaired) electrons. The average Bonchev–Trinajstić information content (AvgIpc) is 2.69. The first-order chi connectivity index (χ1) is 6.65. The van der Waals surface area contributed by atoms with Gasteiger partial charge in [0, 0.05) is 7.05 Å². The Hall–Kier alpha value is -1.10. The summed E-state index contributed by atoms with van der Waals surface area (Å²) >= 11 is 0. The Kier molecular flexibility index (Phi) is 3.88. The Morgan fingerprint density at radius 2 is 2.21 bits per heavy atom. The quantitative estimate of drug-likeness (QED) is 0.545. The molecule has 0 aromatic heterocycles. The second-order valence-corrected chi connectivity index (χ2v) is 3.49. The van der Waals surface area contributed by atoms with Crippen LogP contribution in [0.1, 0.15) is 19.8 Å². The minimum atomic E-state index is -0.463. The maximum Gasteiger partial charge on any atom is 0.242 e. The molecule has 1 heterocycles. The van der Waals surface area contributed by atoms with Crippen molar-refractivity contribution in [2.75, 3.05) is 13.6 Å². The van der Waals surface area contributed by atoms with E-state index in [1.165, 1.54) is 0 Å². The molecule has 0 saturated carbocycles. The van der Waals surface area contributed by atoms with E-state index < -0.39 is 6.04 Å². The highest BCUT2D eigenvalue weighted by molar-refractivity contribution is 5.89. The Labute approximate surface area is 83.6 Å². The van der Waals surface area contributed by atoms with Gasteiger partial charge in [-0.25, -0.2) is 0 Å². The van der Waals surface area contributed by atoms with Crippen molar-refractivity contribution in [1.29, 1.82) is 0 Å². The Balaban J connectivity index is 2.35. The molecule has 1 fully saturated rings. The largest absolute Gasteiger partial charge is 0.357 e. The van der Waals surface area contributed by atoms with Gasteiger partial charge in [0.15, 0.2) is 0 Å². The van der Waals surface area contributed by atoms with Gasteiger partial charge in [-0.3, -0.25) is 9.59 Å². The zero-order chi connectivity index (χ0) is 10.6. The average molecular weight is 199 g/mol. The maximum absolute atomic E-state index is 11.5. The molecule has 14 heavy (non-hydrogen) atoms. The number of amides is 2. The number of likely N-dealkylation sites (N-methyl/N-ethyl adjacent to an activating group) is 1. The van der Waals surface area contributed by atoms with E-state index in [-0.39, 0.29) is 17.9 Å². The van der Waals surface area contributed by atoms with E-state index in [4.69, 9.17) is 0 Å². The molecule has 2 atom stereocenters. The first kappa shape index (κ1) is 11.0. The van der Waals surface area contributed by atoms with Gasteiger partial charge < -0.3 is 16.0 Å². The van der Waals surface area contributed by atoms with Gasteiger partial charge in [-0.2, -0.15) is 0 Å². The van der Waals surface area contributed by atoms with Gasteiger partial charge in [-0.05, 0) is 26.3 Å². The summed E-state index contributed by atoms with van der Waals surface area (Å²) in [7, 11) is 1.55. The van der Waals surface area contributed by atoms with Crippen LogP contribution in [0.25, 0.3) is 0 Å². The van der Waals surface area contributed by atoms with Crippen molar-refractivity contribution >= 4 is 11.8 Å². The molecule has 80 valence electrons. The molecular weight excluding hydrogens is 182 g/mol. The number of hydrogen-bond donors (Lipinski definition) is 3. The molecule has 2 unspecified atom stereocenters. The summed E-state index contributed by atoms with van der Waals surface area (Å²) < 4.78 is 0. The normalized spacial score (nSPS) is 22.9. The SMILES string of the molecule is CNC(=O)C(C)NC(=O)C1CCCN1. The third kappa shape index (κ3) is 2.70. The third-order valence-corrected chi connectivity index (χ3v) is 2.38. The van der Waals surface area contributed by atoms with Gasteiger partial charge in [-0.15, -0.1) is 0 Å². The molecule has 1 aliphatic rings. The number of carbonyl (C=O) groups is 2. The number of carbonyl (C=O) groups excluding carboxylic acids is 2. The molecule has 1 rings (SSSR count). The summed E-state index contributed by atoms with van der Waals surface area (Å²) in [6, 6.07) is -0.586. The number of nitrogens with one attached hydrogen (secondary N) is 3. The van der Waals surface area contributed by atoms with E-state index >= 15 is 0 Å². The molecule has 1 aliphatic heterocycles. The molecule has 3 N–H and O–H groups in total. The molecule has 5 nitrogen and oxygen atoms in total. The Bertz CT molecular complexity index is 224. The topological polar surface area (TPSA) is 70.2 Å². The van der Waals surface area contributed by atoms with Crippen LogP contribution >= 0.6 is 0 Å². The van der Waals surface area contributed by atoms with Crippen LogP contribution < -0.4 is 16.0 Å². The fraction of sp³-hybridized carbons (Fsp3) is 0.778. The highest BCUT2D eigenvalue weighted by Gasteiger charge is 2.24. The van der Waals surface area contributed by atoms with Crippen molar-refractivity contribution in [2.45, 2.75) is 31.8 Å². The minimum absolute atomic E-state index is 0.0846. The smallest absolute Gasteiger partial charge is 0.242 e. The van der Waals surface area contributed by atoms with Crippen LogP contribution in [0.3, 0.4) is 0 Å². The molecule has 0 aromatic rings. The molecule has 0 bridgehead atoms. The fourth-order valence-corrected chi connectivity index (χ4v) is 1.50. The van der Waals surface area contributed by atoms with Crippen LogP contribution in [0.4, 0.5) is 0 Å². The van der Waals surface area contributed by atoms with Crippen molar-refractivity contribution in [2.24, 2.45) is 0 Å². The predicted octanol–water partition coefficient (Wildman–Crippen LogP) is -1.01. The van der Waals surface area contributed by atoms with Gasteiger partial charge in [0.2, 0.25) is 11.8 Å². The van der Waals surface area contributed by atoms with Crippen LogP contribution in [-0.2, 0) is 9.59 Å². The van der Waals surface area contributed by atoms with Gasteiger partial charge in [0.05, 0.1) is 6.04 Å². The summed E-state index contributed by atoms with van der Waals surface area (Å²) in [6.07, 6.45) is 1.87. The van der Waals surface area contributed by atoms with E-state index in [1.54, 1.807) is 14.0 Å². The molecular formula is C9H17N3O2. The van der Waals surface area contributed by atoms with Gasteiger partial charge in [-0.1, -0.05) is 0 Å². The van der Waals surface area contributed by atoms with Crippen molar-refractivity contribution in [3.8, 4) is 0 Å². The third-order valence-electron chi connectivity index (χ3n) is 2.38. The summed E-state index contributed by atoms with van der Waals surface area (Å²) in [4.78, 5) is 22.6. The summed E-state index contributed by atoms with van der Waals surface area (Å²) in [5, 5.41) is 8.22. The monoisotopic (exact) mass is 199 g/mol. The van der Waals surface area contributed by atoms with Gasteiger partial charge in [0.1, 0.15) is 6.04 Å². The van der Waals surface area contributed by atoms with E-state index in [2.05, 4.69) is 16.0 Å². The summed E-state index contributed by atoms with van der Waals surface area (Å²) in [5.41, 5.74) is 0. The molecule has 2 amide bonds. The fourth-order valence-electron chi connectivity index (χ4n) is 1.50. The van der Waals surface area contributed by atoms with Crippen LogP contribution in [0, 0.1) is 0 Å².